The Morgan fingerprint density at radius 2 is 2.29 bits per heavy atom. The molecule has 1 heterocycles. The van der Waals surface area contributed by atoms with E-state index in [1.165, 1.54) is 0 Å². The number of aromatic carboxylic acids is 1. The summed E-state index contributed by atoms with van der Waals surface area (Å²) in [5.74, 6) is -1.45. The monoisotopic (exact) mass is 206 g/mol. The molecule has 0 saturated carbocycles. The van der Waals surface area contributed by atoms with Crippen LogP contribution in [0.15, 0.2) is 6.20 Å². The van der Waals surface area contributed by atoms with E-state index in [9.17, 15) is 13.6 Å². The van der Waals surface area contributed by atoms with Gasteiger partial charge in [-0.15, -0.1) is 0 Å². The highest BCUT2D eigenvalue weighted by atomic mass is 19.3. The number of carboxylic acid groups (broad SMARTS) is 1. The molecule has 0 aliphatic heterocycles. The summed E-state index contributed by atoms with van der Waals surface area (Å²) in [5, 5.41) is 20.5. The maximum Gasteiger partial charge on any atom is 0.339 e. The first kappa shape index (κ1) is 10.6. The van der Waals surface area contributed by atoms with Crippen LogP contribution in [0.2, 0.25) is 0 Å². The van der Waals surface area contributed by atoms with E-state index in [-0.39, 0.29) is 13.2 Å². The Labute approximate surface area is 77.6 Å². The molecule has 0 spiro atoms. The molecule has 0 aliphatic rings. The second kappa shape index (κ2) is 4.14. The van der Waals surface area contributed by atoms with Gasteiger partial charge in [0.25, 0.3) is 6.43 Å². The lowest BCUT2D eigenvalue weighted by Crippen LogP contribution is -2.11. The maximum atomic E-state index is 12.4. The summed E-state index contributed by atoms with van der Waals surface area (Å²) in [6.07, 6.45) is -2.07. The maximum absolute atomic E-state index is 12.4. The van der Waals surface area contributed by atoms with Gasteiger partial charge in [0.05, 0.1) is 19.3 Å². The molecular weight excluding hydrogens is 198 g/mol. The van der Waals surface area contributed by atoms with Crippen molar-refractivity contribution >= 4 is 5.97 Å². The van der Waals surface area contributed by atoms with Crippen molar-refractivity contribution in [2.75, 3.05) is 6.61 Å². The van der Waals surface area contributed by atoms with Gasteiger partial charge in [0.15, 0.2) is 0 Å². The van der Waals surface area contributed by atoms with Crippen molar-refractivity contribution in [3.05, 3.63) is 17.5 Å². The molecule has 14 heavy (non-hydrogen) atoms. The number of halogens is 2. The van der Waals surface area contributed by atoms with Crippen LogP contribution in [0.25, 0.3) is 0 Å². The van der Waals surface area contributed by atoms with Gasteiger partial charge in [0.2, 0.25) is 0 Å². The van der Waals surface area contributed by atoms with Crippen molar-refractivity contribution in [1.82, 2.24) is 9.78 Å². The molecule has 1 aromatic rings. The van der Waals surface area contributed by atoms with Crippen LogP contribution in [-0.2, 0) is 6.54 Å². The summed E-state index contributed by atoms with van der Waals surface area (Å²) in [6.45, 7) is -0.520. The van der Waals surface area contributed by atoms with Crippen molar-refractivity contribution in [1.29, 1.82) is 0 Å². The lowest BCUT2D eigenvalue weighted by molar-refractivity contribution is 0.0681. The molecule has 0 aromatic carbocycles. The van der Waals surface area contributed by atoms with Crippen molar-refractivity contribution in [3.63, 3.8) is 0 Å². The second-order valence-corrected chi connectivity index (χ2v) is 2.50. The number of nitrogens with zero attached hydrogens (tertiary/aromatic N) is 2. The number of alkyl halides is 2. The van der Waals surface area contributed by atoms with Crippen LogP contribution in [-0.4, -0.2) is 32.6 Å². The smallest absolute Gasteiger partial charge is 0.339 e. The molecule has 7 heteroatoms. The van der Waals surface area contributed by atoms with E-state index in [1.807, 2.05) is 0 Å². The van der Waals surface area contributed by atoms with Crippen LogP contribution in [0.3, 0.4) is 0 Å². The topological polar surface area (TPSA) is 75.3 Å². The number of hydrogen-bond acceptors (Lipinski definition) is 3. The lowest BCUT2D eigenvalue weighted by Gasteiger charge is -2.05. The number of carbonyl (C=O) groups is 1. The molecule has 0 unspecified atom stereocenters. The molecule has 1 rings (SSSR count). The molecule has 0 bridgehead atoms. The molecule has 0 saturated heterocycles. The predicted molar refractivity (Wildman–Crippen MR) is 41.2 cm³/mol. The number of aliphatic hydroxyl groups excluding tert-OH is 1. The average Bonchev–Trinajstić information content (AvgIpc) is 2.48. The van der Waals surface area contributed by atoms with E-state index in [4.69, 9.17) is 10.2 Å². The summed E-state index contributed by atoms with van der Waals surface area (Å²) in [5.41, 5.74) is -1.21. The summed E-state index contributed by atoms with van der Waals surface area (Å²) in [6, 6.07) is 0. The molecule has 0 fully saturated rings. The minimum Gasteiger partial charge on any atom is -0.478 e. The fraction of sp³-hybridized carbons (Fsp3) is 0.429. The molecule has 0 atom stereocenters. The van der Waals surface area contributed by atoms with E-state index in [0.717, 1.165) is 10.9 Å². The number of rotatable bonds is 4. The molecule has 1 aromatic heterocycles. The van der Waals surface area contributed by atoms with Crippen LogP contribution < -0.4 is 0 Å². The molecule has 0 radical (unpaired) electrons. The normalized spacial score (nSPS) is 10.9. The third kappa shape index (κ3) is 1.87. The van der Waals surface area contributed by atoms with E-state index in [2.05, 4.69) is 5.10 Å². The van der Waals surface area contributed by atoms with Gasteiger partial charge in [0.1, 0.15) is 11.3 Å². The Morgan fingerprint density at radius 3 is 2.71 bits per heavy atom. The Balaban J connectivity index is 3.13. The Bertz CT molecular complexity index is 338. The van der Waals surface area contributed by atoms with Gasteiger partial charge in [-0.05, 0) is 0 Å². The molecular formula is C7H8F2N2O3. The van der Waals surface area contributed by atoms with E-state index in [0.29, 0.717) is 0 Å². The van der Waals surface area contributed by atoms with Gasteiger partial charge in [-0.1, -0.05) is 0 Å². The number of aliphatic hydroxyl groups is 1. The van der Waals surface area contributed by atoms with E-state index < -0.39 is 23.7 Å². The first-order valence-electron chi connectivity index (χ1n) is 3.76. The highest BCUT2D eigenvalue weighted by Gasteiger charge is 2.23. The highest BCUT2D eigenvalue weighted by Crippen LogP contribution is 2.22. The van der Waals surface area contributed by atoms with Crippen LogP contribution >= 0.6 is 0 Å². The summed E-state index contributed by atoms with van der Waals surface area (Å²) in [7, 11) is 0. The minimum atomic E-state index is -2.92. The first-order valence-corrected chi connectivity index (χ1v) is 3.76. The number of carboxylic acids is 1. The minimum absolute atomic E-state index is 0.146. The zero-order chi connectivity index (χ0) is 10.7. The van der Waals surface area contributed by atoms with Crippen molar-refractivity contribution in [2.45, 2.75) is 13.0 Å². The van der Waals surface area contributed by atoms with Gasteiger partial charge >= 0.3 is 5.97 Å². The molecule has 2 N–H and O–H groups in total. The SMILES string of the molecule is O=C(O)c1cnn(CCO)c1C(F)F. The number of aromatic nitrogens is 2. The van der Waals surface area contributed by atoms with Crippen molar-refractivity contribution in [3.8, 4) is 0 Å². The van der Waals surface area contributed by atoms with Gasteiger partial charge in [0, 0.05) is 0 Å². The third-order valence-corrected chi connectivity index (χ3v) is 1.63. The highest BCUT2D eigenvalue weighted by molar-refractivity contribution is 5.88. The van der Waals surface area contributed by atoms with Gasteiger partial charge in [-0.2, -0.15) is 5.10 Å². The first-order chi connectivity index (χ1) is 6.57. The van der Waals surface area contributed by atoms with Crippen LogP contribution in [0.5, 0.6) is 0 Å². The molecule has 0 amide bonds. The van der Waals surface area contributed by atoms with Crippen LogP contribution in [0.4, 0.5) is 8.78 Å². The lowest BCUT2D eigenvalue weighted by atomic mass is 10.2. The van der Waals surface area contributed by atoms with Gasteiger partial charge < -0.3 is 10.2 Å². The standard InChI is InChI=1S/C7H8F2N2O3/c8-6(9)5-4(7(13)14)3-10-11(5)1-2-12/h3,6,12H,1-2H2,(H,13,14). The zero-order valence-corrected chi connectivity index (χ0v) is 7.02. The second-order valence-electron chi connectivity index (χ2n) is 2.50. The van der Waals surface area contributed by atoms with Crippen LogP contribution in [0, 0.1) is 0 Å². The zero-order valence-electron chi connectivity index (χ0n) is 7.02. The van der Waals surface area contributed by atoms with E-state index >= 15 is 0 Å². The summed E-state index contributed by atoms with van der Waals surface area (Å²) >= 11 is 0. The quantitative estimate of drug-likeness (QED) is 0.752. The third-order valence-electron chi connectivity index (χ3n) is 1.63. The van der Waals surface area contributed by atoms with Gasteiger partial charge in [-0.3, -0.25) is 4.68 Å². The van der Waals surface area contributed by atoms with Gasteiger partial charge in [-0.25, -0.2) is 13.6 Å². The Kier molecular flexibility index (Phi) is 3.13. The number of hydrogen-bond donors (Lipinski definition) is 2. The van der Waals surface area contributed by atoms with E-state index in [1.54, 1.807) is 0 Å². The average molecular weight is 206 g/mol. The van der Waals surface area contributed by atoms with Crippen molar-refractivity contribution in [2.24, 2.45) is 0 Å². The fourth-order valence-corrected chi connectivity index (χ4v) is 1.06. The molecule has 78 valence electrons. The molecule has 5 nitrogen and oxygen atoms in total. The molecule has 0 aliphatic carbocycles. The predicted octanol–water partition coefficient (Wildman–Crippen LogP) is 0.511. The Morgan fingerprint density at radius 1 is 1.64 bits per heavy atom. The summed E-state index contributed by atoms with van der Waals surface area (Å²) < 4.78 is 25.6. The summed E-state index contributed by atoms with van der Waals surface area (Å²) in [4.78, 5) is 10.5. The fourth-order valence-electron chi connectivity index (χ4n) is 1.06. The largest absolute Gasteiger partial charge is 0.478 e. The van der Waals surface area contributed by atoms with Crippen molar-refractivity contribution < 1.29 is 23.8 Å². The van der Waals surface area contributed by atoms with Crippen LogP contribution in [0.1, 0.15) is 22.5 Å². The Hall–Kier alpha value is -1.50.